The quantitative estimate of drug-likeness (QED) is 0.451. The van der Waals surface area contributed by atoms with Gasteiger partial charge in [-0.1, -0.05) is 25.1 Å². The molecule has 5 nitrogen and oxygen atoms in total. The van der Waals surface area contributed by atoms with Crippen LogP contribution in [0.1, 0.15) is 39.0 Å². The molecule has 1 fully saturated rings. The molecular weight excluding hydrogens is 298 g/mol. The predicted octanol–water partition coefficient (Wildman–Crippen LogP) is 2.92. The van der Waals surface area contributed by atoms with E-state index in [-0.39, 0.29) is 12.0 Å². The van der Waals surface area contributed by atoms with E-state index in [2.05, 4.69) is 21.8 Å². The molecule has 0 amide bonds. The van der Waals surface area contributed by atoms with Gasteiger partial charge < -0.3 is 5.11 Å². The number of carbonyl (C=O) groups is 1. The number of rotatable bonds is 8. The highest BCUT2D eigenvalue weighted by Gasteiger charge is 2.34. The molecule has 0 aromatic carbocycles. The Labute approximate surface area is 136 Å². The molecule has 122 valence electrons. The third-order valence-corrected chi connectivity index (χ3v) is 5.12. The fourth-order valence-electron chi connectivity index (χ4n) is 3.16. The van der Waals surface area contributed by atoms with Crippen molar-refractivity contribution >= 4 is 17.7 Å². The van der Waals surface area contributed by atoms with Gasteiger partial charge in [0.1, 0.15) is 0 Å². The van der Waals surface area contributed by atoms with E-state index < -0.39 is 5.97 Å². The summed E-state index contributed by atoms with van der Waals surface area (Å²) in [5, 5.41) is 10.2. The fourth-order valence-corrected chi connectivity index (χ4v) is 3.89. The minimum absolute atomic E-state index is 0.196. The van der Waals surface area contributed by atoms with Gasteiger partial charge in [0.15, 0.2) is 5.16 Å². The zero-order valence-electron chi connectivity index (χ0n) is 13.1. The van der Waals surface area contributed by atoms with Crippen LogP contribution in [-0.4, -0.2) is 50.8 Å². The van der Waals surface area contributed by atoms with Gasteiger partial charge in [-0.2, -0.15) is 0 Å². The van der Waals surface area contributed by atoms with Crippen LogP contribution >= 0.6 is 11.8 Å². The summed E-state index contributed by atoms with van der Waals surface area (Å²) >= 11 is 1.67. The third-order valence-electron chi connectivity index (χ3n) is 4.16. The number of thioether (sulfide) groups is 1. The van der Waals surface area contributed by atoms with Crippen LogP contribution in [0, 0.1) is 5.92 Å². The van der Waals surface area contributed by atoms with Crippen molar-refractivity contribution in [3.63, 3.8) is 0 Å². The minimum Gasteiger partial charge on any atom is -0.481 e. The predicted molar refractivity (Wildman–Crippen MR) is 88.0 cm³/mol. The summed E-state index contributed by atoms with van der Waals surface area (Å²) in [6.07, 6.45) is 8.39. The molecule has 0 spiro atoms. The molecule has 1 aromatic rings. The largest absolute Gasteiger partial charge is 0.481 e. The first-order chi connectivity index (χ1) is 10.7. The molecule has 1 aliphatic rings. The van der Waals surface area contributed by atoms with Crippen molar-refractivity contribution in [3.8, 4) is 0 Å². The van der Waals surface area contributed by atoms with Crippen LogP contribution in [0.3, 0.4) is 0 Å². The van der Waals surface area contributed by atoms with Crippen LogP contribution < -0.4 is 0 Å². The summed E-state index contributed by atoms with van der Waals surface area (Å²) in [5.41, 5.74) is 0. The van der Waals surface area contributed by atoms with Gasteiger partial charge in [0.25, 0.3) is 0 Å². The van der Waals surface area contributed by atoms with Gasteiger partial charge in [-0.3, -0.25) is 9.69 Å². The maximum absolute atomic E-state index is 11.5. The molecular formula is C16H25N3O2S. The van der Waals surface area contributed by atoms with Crippen molar-refractivity contribution in [3.05, 3.63) is 18.5 Å². The van der Waals surface area contributed by atoms with Gasteiger partial charge in [0, 0.05) is 24.2 Å². The molecule has 2 rings (SSSR count). The zero-order chi connectivity index (χ0) is 15.8. The third kappa shape index (κ3) is 4.95. The highest BCUT2D eigenvalue weighted by molar-refractivity contribution is 7.99. The van der Waals surface area contributed by atoms with Gasteiger partial charge in [0.2, 0.25) is 0 Å². The SMILES string of the molecule is CCCC1C(C(=O)O)CCCN1CCCSc1ncccn1. The van der Waals surface area contributed by atoms with Gasteiger partial charge in [-0.05, 0) is 44.8 Å². The van der Waals surface area contributed by atoms with Gasteiger partial charge in [-0.25, -0.2) is 9.97 Å². The number of nitrogens with zero attached hydrogens (tertiary/aromatic N) is 3. The van der Waals surface area contributed by atoms with Crippen molar-refractivity contribution in [1.82, 2.24) is 14.9 Å². The zero-order valence-corrected chi connectivity index (χ0v) is 14.0. The summed E-state index contributed by atoms with van der Waals surface area (Å²) in [6, 6.07) is 2.02. The highest BCUT2D eigenvalue weighted by Crippen LogP contribution is 2.27. The summed E-state index contributed by atoms with van der Waals surface area (Å²) in [5.74, 6) is 0.144. The van der Waals surface area contributed by atoms with E-state index in [1.165, 1.54) is 0 Å². The lowest BCUT2D eigenvalue weighted by Gasteiger charge is -2.39. The van der Waals surface area contributed by atoms with E-state index in [0.29, 0.717) is 0 Å². The number of hydrogen-bond acceptors (Lipinski definition) is 5. The molecule has 0 aliphatic carbocycles. The van der Waals surface area contributed by atoms with Crippen LogP contribution in [0.2, 0.25) is 0 Å². The Balaban J connectivity index is 1.80. The molecule has 0 radical (unpaired) electrons. The maximum Gasteiger partial charge on any atom is 0.308 e. The second-order valence-corrected chi connectivity index (χ2v) is 6.77. The number of piperidine rings is 1. The second kappa shape index (κ2) is 9.10. The lowest BCUT2D eigenvalue weighted by atomic mass is 9.86. The molecule has 1 aliphatic heterocycles. The van der Waals surface area contributed by atoms with Crippen molar-refractivity contribution in [1.29, 1.82) is 0 Å². The van der Waals surface area contributed by atoms with E-state index in [1.54, 1.807) is 24.2 Å². The number of aliphatic carboxylic acids is 1. The number of hydrogen-bond donors (Lipinski definition) is 1. The van der Waals surface area contributed by atoms with Gasteiger partial charge in [-0.15, -0.1) is 0 Å². The molecule has 0 saturated carbocycles. The molecule has 0 bridgehead atoms. The number of carboxylic acids is 1. The van der Waals surface area contributed by atoms with Crippen LogP contribution in [0.5, 0.6) is 0 Å². The van der Waals surface area contributed by atoms with Crippen LogP contribution in [-0.2, 0) is 4.79 Å². The topological polar surface area (TPSA) is 66.3 Å². The van der Waals surface area contributed by atoms with E-state index in [0.717, 1.165) is 56.1 Å². The summed E-state index contributed by atoms with van der Waals surface area (Å²) in [7, 11) is 0. The Morgan fingerprint density at radius 2 is 2.23 bits per heavy atom. The minimum atomic E-state index is -0.629. The molecule has 22 heavy (non-hydrogen) atoms. The van der Waals surface area contributed by atoms with E-state index in [9.17, 15) is 9.90 Å². The normalized spacial score (nSPS) is 22.6. The Morgan fingerprint density at radius 3 is 2.91 bits per heavy atom. The van der Waals surface area contributed by atoms with E-state index in [4.69, 9.17) is 0 Å². The average Bonchev–Trinajstić information content (AvgIpc) is 2.53. The van der Waals surface area contributed by atoms with Crippen molar-refractivity contribution in [2.24, 2.45) is 5.92 Å². The molecule has 6 heteroatoms. The van der Waals surface area contributed by atoms with Crippen LogP contribution in [0.15, 0.2) is 23.6 Å². The Morgan fingerprint density at radius 1 is 1.45 bits per heavy atom. The Kier molecular flexibility index (Phi) is 7.12. The summed E-state index contributed by atoms with van der Waals surface area (Å²) < 4.78 is 0. The number of likely N-dealkylation sites (tertiary alicyclic amines) is 1. The first-order valence-electron chi connectivity index (χ1n) is 8.09. The maximum atomic E-state index is 11.5. The van der Waals surface area contributed by atoms with E-state index in [1.807, 2.05) is 6.07 Å². The molecule has 2 heterocycles. The second-order valence-electron chi connectivity index (χ2n) is 5.71. The summed E-state index contributed by atoms with van der Waals surface area (Å²) in [6.45, 7) is 4.13. The standard InChI is InChI=1S/C16H25N3O2S/c1-2-6-14-13(15(20)21)7-3-10-19(14)11-5-12-22-16-17-8-4-9-18-16/h4,8-9,13-14H,2-3,5-7,10-12H2,1H3,(H,20,21). The smallest absolute Gasteiger partial charge is 0.308 e. The molecule has 1 N–H and O–H groups in total. The molecule has 1 saturated heterocycles. The Bertz CT molecular complexity index is 458. The monoisotopic (exact) mass is 323 g/mol. The van der Waals surface area contributed by atoms with Gasteiger partial charge >= 0.3 is 5.97 Å². The lowest BCUT2D eigenvalue weighted by molar-refractivity contribution is -0.146. The molecule has 2 unspecified atom stereocenters. The molecule has 1 aromatic heterocycles. The number of aromatic nitrogens is 2. The first kappa shape index (κ1) is 17.2. The van der Waals surface area contributed by atoms with Crippen molar-refractivity contribution in [2.75, 3.05) is 18.8 Å². The van der Waals surface area contributed by atoms with E-state index >= 15 is 0 Å². The lowest BCUT2D eigenvalue weighted by Crippen LogP contribution is -2.48. The van der Waals surface area contributed by atoms with Crippen molar-refractivity contribution < 1.29 is 9.90 Å². The molecule has 2 atom stereocenters. The number of carboxylic acid groups (broad SMARTS) is 1. The van der Waals surface area contributed by atoms with Crippen LogP contribution in [0.25, 0.3) is 0 Å². The first-order valence-corrected chi connectivity index (χ1v) is 9.07. The van der Waals surface area contributed by atoms with Gasteiger partial charge in [0.05, 0.1) is 5.92 Å². The van der Waals surface area contributed by atoms with Crippen molar-refractivity contribution in [2.45, 2.75) is 50.2 Å². The fraction of sp³-hybridized carbons (Fsp3) is 0.688. The van der Waals surface area contributed by atoms with Crippen LogP contribution in [0.4, 0.5) is 0 Å². The Hall–Kier alpha value is -1.14. The summed E-state index contributed by atoms with van der Waals surface area (Å²) in [4.78, 5) is 22.2. The highest BCUT2D eigenvalue weighted by atomic mass is 32.2. The average molecular weight is 323 g/mol.